The van der Waals surface area contributed by atoms with Crippen molar-refractivity contribution in [1.82, 2.24) is 0 Å². The quantitative estimate of drug-likeness (QED) is 0.541. The molecule has 0 aliphatic heterocycles. The number of Topliss-reactive ketones (excluding diaryl/α,β-unsaturated/α-hetero) is 1. The van der Waals surface area contributed by atoms with E-state index in [0.717, 1.165) is 6.61 Å². The maximum atomic E-state index is 10.3. The van der Waals surface area contributed by atoms with Crippen molar-refractivity contribution in [2.45, 2.75) is 19.4 Å². The van der Waals surface area contributed by atoms with Gasteiger partial charge in [0.15, 0.2) is 5.78 Å². The summed E-state index contributed by atoms with van der Waals surface area (Å²) in [5, 5.41) is 16.5. The summed E-state index contributed by atoms with van der Waals surface area (Å²) in [6.07, 6.45) is -1.03. The highest BCUT2D eigenvalue weighted by Crippen LogP contribution is 1.90. The second kappa shape index (κ2) is 3.57. The Morgan fingerprint density at radius 1 is 1.88 bits per heavy atom. The van der Waals surface area contributed by atoms with Crippen LogP contribution >= 0.6 is 0 Å². The SMILES string of the molecule is CC(O)C(=O)C[CH]O. The van der Waals surface area contributed by atoms with Gasteiger partial charge in [0.1, 0.15) is 6.10 Å². The van der Waals surface area contributed by atoms with Crippen molar-refractivity contribution >= 4 is 5.78 Å². The normalized spacial score (nSPS) is 13.4. The number of carbonyl (C=O) groups is 1. The number of aliphatic hydroxyl groups excluding tert-OH is 2. The molecule has 0 aromatic carbocycles. The van der Waals surface area contributed by atoms with E-state index in [0.29, 0.717) is 0 Å². The molecule has 47 valence electrons. The molecule has 0 aliphatic carbocycles. The second-order valence-corrected chi connectivity index (χ2v) is 1.53. The van der Waals surface area contributed by atoms with Crippen LogP contribution in [0.25, 0.3) is 0 Å². The predicted octanol–water partition coefficient (Wildman–Crippen LogP) is -0.139. The summed E-state index contributed by atoms with van der Waals surface area (Å²) in [5.74, 6) is -0.368. The van der Waals surface area contributed by atoms with E-state index in [9.17, 15) is 4.79 Å². The van der Waals surface area contributed by atoms with E-state index in [2.05, 4.69) is 0 Å². The molecule has 0 rings (SSSR count). The summed E-state index contributed by atoms with van der Waals surface area (Å²) in [5.41, 5.74) is 0. The zero-order valence-corrected chi connectivity index (χ0v) is 4.66. The summed E-state index contributed by atoms with van der Waals surface area (Å²) in [7, 11) is 0. The van der Waals surface area contributed by atoms with Gasteiger partial charge in [-0.15, -0.1) is 0 Å². The molecule has 1 atom stereocenters. The minimum Gasteiger partial charge on any atom is -0.390 e. The van der Waals surface area contributed by atoms with Crippen molar-refractivity contribution in [1.29, 1.82) is 0 Å². The molecule has 3 nitrogen and oxygen atoms in total. The third-order valence-electron chi connectivity index (χ3n) is 0.758. The molecule has 3 heteroatoms. The second-order valence-electron chi connectivity index (χ2n) is 1.53. The van der Waals surface area contributed by atoms with Crippen LogP contribution < -0.4 is 0 Å². The lowest BCUT2D eigenvalue weighted by Gasteiger charge is -1.97. The van der Waals surface area contributed by atoms with Gasteiger partial charge < -0.3 is 10.2 Å². The zero-order chi connectivity index (χ0) is 6.57. The highest BCUT2D eigenvalue weighted by Gasteiger charge is 2.06. The Kier molecular flexibility index (Phi) is 3.39. The Morgan fingerprint density at radius 2 is 2.38 bits per heavy atom. The molecule has 1 radical (unpaired) electrons. The number of hydrogen-bond acceptors (Lipinski definition) is 3. The number of carbonyl (C=O) groups excluding carboxylic acids is 1. The first kappa shape index (κ1) is 7.59. The van der Waals surface area contributed by atoms with Gasteiger partial charge in [0.25, 0.3) is 0 Å². The maximum absolute atomic E-state index is 10.3. The van der Waals surface area contributed by atoms with E-state index in [-0.39, 0.29) is 12.2 Å². The van der Waals surface area contributed by atoms with E-state index in [1.54, 1.807) is 0 Å². The van der Waals surface area contributed by atoms with Gasteiger partial charge in [-0.05, 0) is 6.92 Å². The molecule has 0 heterocycles. The van der Waals surface area contributed by atoms with Gasteiger partial charge in [-0.1, -0.05) is 0 Å². The number of rotatable bonds is 3. The van der Waals surface area contributed by atoms with Crippen molar-refractivity contribution in [2.75, 3.05) is 0 Å². The molecule has 1 unspecified atom stereocenters. The molecule has 0 fully saturated rings. The summed E-state index contributed by atoms with van der Waals surface area (Å²) in [6.45, 7) is 2.10. The molecule has 0 bridgehead atoms. The molecule has 2 N–H and O–H groups in total. The third kappa shape index (κ3) is 2.71. The average Bonchev–Trinajstić information content (AvgIpc) is 1.67. The highest BCUT2D eigenvalue weighted by atomic mass is 16.3. The van der Waals surface area contributed by atoms with Crippen molar-refractivity contribution in [3.63, 3.8) is 0 Å². The van der Waals surface area contributed by atoms with Crippen LogP contribution in [0.1, 0.15) is 13.3 Å². The summed E-state index contributed by atoms with van der Waals surface area (Å²) in [4.78, 5) is 10.3. The van der Waals surface area contributed by atoms with Gasteiger partial charge in [0.05, 0.1) is 6.61 Å². The molecular weight excluding hydrogens is 108 g/mol. The fraction of sp³-hybridized carbons (Fsp3) is 0.600. The highest BCUT2D eigenvalue weighted by molar-refractivity contribution is 5.82. The lowest BCUT2D eigenvalue weighted by Crippen LogP contribution is -2.15. The minimum atomic E-state index is -0.960. The monoisotopic (exact) mass is 117 g/mol. The zero-order valence-electron chi connectivity index (χ0n) is 4.66. The first-order valence-corrected chi connectivity index (χ1v) is 2.35. The van der Waals surface area contributed by atoms with Crippen LogP contribution in [0.15, 0.2) is 0 Å². The Balaban J connectivity index is 3.33. The Labute approximate surface area is 47.9 Å². The van der Waals surface area contributed by atoms with Gasteiger partial charge in [0, 0.05) is 6.42 Å². The molecule has 0 saturated carbocycles. The van der Waals surface area contributed by atoms with Crippen molar-refractivity contribution in [3.05, 3.63) is 6.61 Å². The Hall–Kier alpha value is -0.410. The Morgan fingerprint density at radius 3 is 2.50 bits per heavy atom. The molecule has 0 aromatic heterocycles. The summed E-state index contributed by atoms with van der Waals surface area (Å²) >= 11 is 0. The lowest BCUT2D eigenvalue weighted by molar-refractivity contribution is -0.126. The molecule has 0 amide bonds. The topological polar surface area (TPSA) is 57.5 Å². The van der Waals surface area contributed by atoms with Crippen molar-refractivity contribution in [3.8, 4) is 0 Å². The van der Waals surface area contributed by atoms with Crippen LogP contribution in [0.4, 0.5) is 0 Å². The number of aliphatic hydroxyl groups is 2. The molecular formula is C5H9O3. The number of ketones is 1. The van der Waals surface area contributed by atoms with E-state index in [4.69, 9.17) is 10.2 Å². The van der Waals surface area contributed by atoms with Crippen molar-refractivity contribution in [2.24, 2.45) is 0 Å². The van der Waals surface area contributed by atoms with Gasteiger partial charge in [-0.3, -0.25) is 4.79 Å². The van der Waals surface area contributed by atoms with Gasteiger partial charge >= 0.3 is 0 Å². The average molecular weight is 117 g/mol. The van der Waals surface area contributed by atoms with E-state index >= 15 is 0 Å². The standard InChI is InChI=1S/C5H9O3/c1-4(7)5(8)2-3-6/h3-4,6-7H,2H2,1H3. The molecule has 0 aromatic rings. The van der Waals surface area contributed by atoms with Crippen LogP contribution in [0.5, 0.6) is 0 Å². The van der Waals surface area contributed by atoms with E-state index in [1.807, 2.05) is 0 Å². The minimum absolute atomic E-state index is 0.0718. The van der Waals surface area contributed by atoms with E-state index < -0.39 is 6.10 Å². The van der Waals surface area contributed by atoms with Gasteiger partial charge in [0.2, 0.25) is 0 Å². The molecule has 0 aliphatic rings. The number of hydrogen-bond donors (Lipinski definition) is 2. The van der Waals surface area contributed by atoms with Crippen LogP contribution in [-0.2, 0) is 4.79 Å². The van der Waals surface area contributed by atoms with Crippen LogP contribution in [0, 0.1) is 6.61 Å². The summed E-state index contributed by atoms with van der Waals surface area (Å²) in [6, 6.07) is 0. The first-order valence-electron chi connectivity index (χ1n) is 2.35. The van der Waals surface area contributed by atoms with Gasteiger partial charge in [-0.2, -0.15) is 0 Å². The van der Waals surface area contributed by atoms with Crippen LogP contribution in [-0.4, -0.2) is 22.1 Å². The lowest BCUT2D eigenvalue weighted by atomic mass is 10.2. The van der Waals surface area contributed by atoms with Crippen LogP contribution in [0.3, 0.4) is 0 Å². The fourth-order valence-corrected chi connectivity index (χ4v) is 0.261. The Bertz CT molecular complexity index is 77.7. The smallest absolute Gasteiger partial charge is 0.163 e. The van der Waals surface area contributed by atoms with Gasteiger partial charge in [-0.25, -0.2) is 0 Å². The largest absolute Gasteiger partial charge is 0.390 e. The third-order valence-corrected chi connectivity index (χ3v) is 0.758. The van der Waals surface area contributed by atoms with E-state index in [1.165, 1.54) is 6.92 Å². The predicted molar refractivity (Wildman–Crippen MR) is 27.5 cm³/mol. The summed E-state index contributed by atoms with van der Waals surface area (Å²) < 4.78 is 0. The van der Waals surface area contributed by atoms with Crippen LogP contribution in [0.2, 0.25) is 0 Å². The molecule has 8 heavy (non-hydrogen) atoms. The molecule has 0 spiro atoms. The maximum Gasteiger partial charge on any atom is 0.163 e. The van der Waals surface area contributed by atoms with Crippen molar-refractivity contribution < 1.29 is 15.0 Å². The first-order chi connectivity index (χ1) is 3.68. The fourth-order valence-electron chi connectivity index (χ4n) is 0.261. The molecule has 0 saturated heterocycles.